The van der Waals surface area contributed by atoms with Crippen LogP contribution in [0.5, 0.6) is 0 Å². The van der Waals surface area contributed by atoms with Crippen molar-refractivity contribution in [3.8, 4) is 10.4 Å². The molecule has 1 heterocycles. The number of thiazole rings is 1. The molecule has 2 aromatic rings. The Hall–Kier alpha value is -1.05. The standard InChI is InChI=1S/C22H27BrN2O2S2/c1-13(2)27-22(26)25-16-6-3-14(4-7-16)21-24-12-20(29-21)18-10-5-15(23)11-19(18)28-17-8-9-17/h5,10-14,16-17H,3-4,6-9H2,1-2H3,(H,25,26)/t14-,16-. The lowest BCUT2D eigenvalue weighted by atomic mass is 9.86. The second kappa shape index (κ2) is 9.40. The first-order valence-corrected chi connectivity index (χ1v) is 12.9. The first kappa shape index (κ1) is 21.2. The van der Waals surface area contributed by atoms with E-state index in [0.29, 0.717) is 5.92 Å². The third-order valence-corrected chi connectivity index (χ3v) is 8.37. The van der Waals surface area contributed by atoms with Crippen LogP contribution in [-0.2, 0) is 4.74 Å². The summed E-state index contributed by atoms with van der Waals surface area (Å²) in [6.45, 7) is 3.74. The molecule has 7 heteroatoms. The number of nitrogens with one attached hydrogen (secondary N) is 1. The van der Waals surface area contributed by atoms with Crippen LogP contribution in [-0.4, -0.2) is 28.5 Å². The summed E-state index contributed by atoms with van der Waals surface area (Å²) in [7, 11) is 0. The lowest BCUT2D eigenvalue weighted by Gasteiger charge is -2.28. The first-order valence-electron chi connectivity index (χ1n) is 10.4. The highest BCUT2D eigenvalue weighted by Gasteiger charge is 2.27. The summed E-state index contributed by atoms with van der Waals surface area (Å²) in [5, 5.41) is 5.01. The number of carbonyl (C=O) groups excluding carboxylic acids is 1. The Kier molecular flexibility index (Phi) is 6.87. The van der Waals surface area contributed by atoms with Gasteiger partial charge in [-0.3, -0.25) is 0 Å². The van der Waals surface area contributed by atoms with Gasteiger partial charge in [-0.05, 0) is 64.5 Å². The highest BCUT2D eigenvalue weighted by Crippen LogP contribution is 2.46. The Morgan fingerprint density at radius 2 is 2.00 bits per heavy atom. The number of amides is 1. The molecule has 2 aliphatic carbocycles. The molecule has 2 fully saturated rings. The Morgan fingerprint density at radius 3 is 2.69 bits per heavy atom. The zero-order valence-electron chi connectivity index (χ0n) is 16.8. The third kappa shape index (κ3) is 5.76. The summed E-state index contributed by atoms with van der Waals surface area (Å²) < 4.78 is 6.34. The van der Waals surface area contributed by atoms with Gasteiger partial charge in [0.2, 0.25) is 0 Å². The predicted octanol–water partition coefficient (Wildman–Crippen LogP) is 6.99. The van der Waals surface area contributed by atoms with Gasteiger partial charge >= 0.3 is 6.09 Å². The number of thioether (sulfide) groups is 1. The van der Waals surface area contributed by atoms with Crippen LogP contribution >= 0.6 is 39.0 Å². The van der Waals surface area contributed by atoms with Gasteiger partial charge in [0.25, 0.3) is 0 Å². The van der Waals surface area contributed by atoms with Crippen LogP contribution in [0.4, 0.5) is 4.79 Å². The van der Waals surface area contributed by atoms with Gasteiger partial charge in [0.1, 0.15) is 0 Å². The average molecular weight is 496 g/mol. The van der Waals surface area contributed by atoms with E-state index in [1.54, 1.807) is 0 Å². The number of nitrogens with zero attached hydrogens (tertiary/aromatic N) is 1. The monoisotopic (exact) mass is 494 g/mol. The van der Waals surface area contributed by atoms with E-state index in [9.17, 15) is 4.79 Å². The van der Waals surface area contributed by atoms with Crippen molar-refractivity contribution < 1.29 is 9.53 Å². The van der Waals surface area contributed by atoms with Crippen LogP contribution in [0, 0.1) is 0 Å². The molecule has 0 bridgehead atoms. The molecule has 2 saturated carbocycles. The molecule has 0 radical (unpaired) electrons. The van der Waals surface area contributed by atoms with Gasteiger partial charge in [0, 0.05) is 38.3 Å². The minimum atomic E-state index is -0.295. The molecule has 2 aliphatic rings. The quantitative estimate of drug-likeness (QED) is 0.469. The molecule has 156 valence electrons. The van der Waals surface area contributed by atoms with Crippen molar-refractivity contribution in [1.29, 1.82) is 0 Å². The molecular weight excluding hydrogens is 468 g/mol. The van der Waals surface area contributed by atoms with Crippen molar-refractivity contribution in [2.75, 3.05) is 0 Å². The maximum Gasteiger partial charge on any atom is 0.407 e. The Balaban J connectivity index is 1.38. The third-order valence-electron chi connectivity index (χ3n) is 5.29. The van der Waals surface area contributed by atoms with Gasteiger partial charge in [-0.25, -0.2) is 9.78 Å². The summed E-state index contributed by atoms with van der Waals surface area (Å²) in [6.07, 6.45) is 8.40. The van der Waals surface area contributed by atoms with Crippen LogP contribution in [0.1, 0.15) is 63.3 Å². The highest BCUT2D eigenvalue weighted by molar-refractivity contribution is 9.10. The fourth-order valence-corrected chi connectivity index (χ4v) is 6.60. The van der Waals surface area contributed by atoms with E-state index in [1.165, 1.54) is 33.2 Å². The summed E-state index contributed by atoms with van der Waals surface area (Å²) in [5.41, 5.74) is 1.31. The zero-order valence-corrected chi connectivity index (χ0v) is 20.0. The summed E-state index contributed by atoms with van der Waals surface area (Å²) in [4.78, 5) is 19.2. The Morgan fingerprint density at radius 1 is 1.24 bits per heavy atom. The van der Waals surface area contributed by atoms with E-state index >= 15 is 0 Å². The first-order chi connectivity index (χ1) is 14.0. The van der Waals surface area contributed by atoms with Crippen LogP contribution in [0.3, 0.4) is 0 Å². The highest BCUT2D eigenvalue weighted by atomic mass is 79.9. The van der Waals surface area contributed by atoms with Gasteiger partial charge in [0.05, 0.1) is 16.0 Å². The fraction of sp³-hybridized carbons (Fsp3) is 0.545. The van der Waals surface area contributed by atoms with E-state index in [4.69, 9.17) is 9.72 Å². The number of benzene rings is 1. The number of alkyl carbamates (subject to hydrolysis) is 1. The molecule has 1 aromatic carbocycles. The van der Waals surface area contributed by atoms with E-state index in [0.717, 1.165) is 35.4 Å². The van der Waals surface area contributed by atoms with Gasteiger partial charge in [-0.2, -0.15) is 0 Å². The maximum atomic E-state index is 11.8. The Bertz CT molecular complexity index is 858. The van der Waals surface area contributed by atoms with Crippen molar-refractivity contribution >= 4 is 45.1 Å². The van der Waals surface area contributed by atoms with Crippen molar-refractivity contribution in [2.24, 2.45) is 0 Å². The molecule has 1 amide bonds. The maximum absolute atomic E-state index is 11.8. The number of halogens is 1. The van der Waals surface area contributed by atoms with Gasteiger partial charge in [-0.15, -0.1) is 23.1 Å². The second-order valence-electron chi connectivity index (χ2n) is 8.17. The van der Waals surface area contributed by atoms with E-state index in [2.05, 4.69) is 39.4 Å². The van der Waals surface area contributed by atoms with Gasteiger partial charge in [0.15, 0.2) is 0 Å². The van der Waals surface area contributed by atoms with Gasteiger partial charge in [-0.1, -0.05) is 22.0 Å². The number of rotatable bonds is 6. The smallest absolute Gasteiger partial charge is 0.407 e. The SMILES string of the molecule is CC(C)OC(=O)N[C@H]1CC[C@H](c2ncc(-c3ccc(Br)cc3SC3CC3)s2)CC1. The van der Waals surface area contributed by atoms with E-state index < -0.39 is 0 Å². The summed E-state index contributed by atoms with van der Waals surface area (Å²) in [6, 6.07) is 6.79. The molecule has 29 heavy (non-hydrogen) atoms. The number of carbonyl (C=O) groups is 1. The van der Waals surface area contributed by atoms with Crippen molar-refractivity contribution in [2.45, 2.75) is 80.6 Å². The van der Waals surface area contributed by atoms with Crippen LogP contribution in [0.25, 0.3) is 10.4 Å². The van der Waals surface area contributed by atoms with Crippen molar-refractivity contribution in [3.63, 3.8) is 0 Å². The lowest BCUT2D eigenvalue weighted by Crippen LogP contribution is -2.38. The van der Waals surface area contributed by atoms with E-state index in [1.807, 2.05) is 43.1 Å². The van der Waals surface area contributed by atoms with Crippen molar-refractivity contribution in [1.82, 2.24) is 10.3 Å². The number of hydrogen-bond donors (Lipinski definition) is 1. The second-order valence-corrected chi connectivity index (χ2v) is 11.5. The summed E-state index contributed by atoms with van der Waals surface area (Å²) >= 11 is 7.45. The predicted molar refractivity (Wildman–Crippen MR) is 124 cm³/mol. The van der Waals surface area contributed by atoms with Crippen LogP contribution < -0.4 is 5.32 Å². The van der Waals surface area contributed by atoms with Gasteiger partial charge < -0.3 is 10.1 Å². The topological polar surface area (TPSA) is 51.2 Å². The number of aromatic nitrogens is 1. The number of hydrogen-bond acceptors (Lipinski definition) is 5. The van der Waals surface area contributed by atoms with Crippen molar-refractivity contribution in [3.05, 3.63) is 33.9 Å². The number of ether oxygens (including phenoxy) is 1. The molecule has 4 nitrogen and oxygen atoms in total. The van der Waals surface area contributed by atoms with E-state index in [-0.39, 0.29) is 18.2 Å². The normalized spacial score (nSPS) is 21.9. The molecule has 0 unspecified atom stereocenters. The molecule has 4 rings (SSSR count). The molecular formula is C22H27BrN2O2S2. The minimum Gasteiger partial charge on any atom is -0.447 e. The molecule has 1 N–H and O–H groups in total. The molecule has 0 aliphatic heterocycles. The molecule has 0 saturated heterocycles. The Labute approximate surface area is 189 Å². The largest absolute Gasteiger partial charge is 0.447 e. The zero-order chi connectivity index (χ0) is 20.4. The summed E-state index contributed by atoms with van der Waals surface area (Å²) in [5.74, 6) is 0.489. The average Bonchev–Trinajstić information content (AvgIpc) is 3.35. The molecule has 1 aromatic heterocycles. The molecule has 0 atom stereocenters. The lowest BCUT2D eigenvalue weighted by molar-refractivity contribution is 0.109. The minimum absolute atomic E-state index is 0.0818. The van der Waals surface area contributed by atoms with Crippen LogP contribution in [0.2, 0.25) is 0 Å². The van der Waals surface area contributed by atoms with Crippen LogP contribution in [0.15, 0.2) is 33.8 Å². The fourth-order valence-electron chi connectivity index (χ4n) is 3.66. The molecule has 0 spiro atoms.